The molecular formula is C14H25NO2. The zero-order valence-corrected chi connectivity index (χ0v) is 11.0. The number of allylic oxidation sites excluding steroid dienone is 1. The number of rotatable bonds is 6. The molecule has 1 aliphatic rings. The fraction of sp³-hybridized carbons (Fsp3) is 0.786. The van der Waals surface area contributed by atoms with Gasteiger partial charge in [0.05, 0.1) is 6.10 Å². The maximum atomic E-state index is 11.6. The van der Waals surface area contributed by atoms with Gasteiger partial charge in [-0.05, 0) is 38.0 Å². The summed E-state index contributed by atoms with van der Waals surface area (Å²) in [5.41, 5.74) is 1.28. The van der Waals surface area contributed by atoms with Gasteiger partial charge in [0, 0.05) is 13.0 Å². The Hall–Kier alpha value is -0.830. The normalized spacial score (nSPS) is 17.8. The number of nitrogens with one attached hydrogen (secondary N) is 1. The lowest BCUT2D eigenvalue weighted by molar-refractivity contribution is -0.120. The highest BCUT2D eigenvalue weighted by atomic mass is 16.3. The van der Waals surface area contributed by atoms with Crippen LogP contribution >= 0.6 is 0 Å². The van der Waals surface area contributed by atoms with E-state index in [1.807, 2.05) is 13.8 Å². The summed E-state index contributed by atoms with van der Waals surface area (Å²) in [6, 6.07) is 0. The molecule has 0 aromatic rings. The molecule has 0 bridgehead atoms. The minimum Gasteiger partial charge on any atom is -0.393 e. The summed E-state index contributed by atoms with van der Waals surface area (Å²) >= 11 is 0. The molecule has 0 aliphatic heterocycles. The van der Waals surface area contributed by atoms with Crippen LogP contribution in [0.1, 0.15) is 52.4 Å². The van der Waals surface area contributed by atoms with Gasteiger partial charge in [0.2, 0.25) is 5.91 Å². The molecule has 3 heteroatoms. The van der Waals surface area contributed by atoms with Gasteiger partial charge in [-0.15, -0.1) is 0 Å². The molecule has 0 spiro atoms. The van der Waals surface area contributed by atoms with Crippen molar-refractivity contribution in [3.8, 4) is 0 Å². The van der Waals surface area contributed by atoms with Gasteiger partial charge in [0.1, 0.15) is 0 Å². The van der Waals surface area contributed by atoms with E-state index in [4.69, 9.17) is 0 Å². The van der Waals surface area contributed by atoms with Gasteiger partial charge in [-0.25, -0.2) is 0 Å². The van der Waals surface area contributed by atoms with E-state index in [2.05, 4.69) is 11.4 Å². The average molecular weight is 239 g/mol. The van der Waals surface area contributed by atoms with Gasteiger partial charge < -0.3 is 10.4 Å². The zero-order valence-electron chi connectivity index (χ0n) is 11.0. The molecule has 1 aliphatic carbocycles. The Balaban J connectivity index is 2.15. The quantitative estimate of drug-likeness (QED) is 0.699. The van der Waals surface area contributed by atoms with Crippen LogP contribution in [0.25, 0.3) is 0 Å². The molecule has 1 atom stereocenters. The second-order valence-electron chi connectivity index (χ2n) is 5.23. The number of hydrogen-bond acceptors (Lipinski definition) is 2. The second-order valence-corrected chi connectivity index (χ2v) is 5.23. The van der Waals surface area contributed by atoms with Gasteiger partial charge in [-0.1, -0.05) is 25.5 Å². The molecule has 1 amide bonds. The van der Waals surface area contributed by atoms with Crippen molar-refractivity contribution in [1.82, 2.24) is 5.32 Å². The molecule has 0 saturated heterocycles. The van der Waals surface area contributed by atoms with E-state index in [1.54, 1.807) is 0 Å². The third-order valence-corrected chi connectivity index (χ3v) is 3.30. The van der Waals surface area contributed by atoms with Crippen molar-refractivity contribution < 1.29 is 9.90 Å². The fourth-order valence-electron chi connectivity index (χ4n) is 2.03. The Morgan fingerprint density at radius 2 is 2.24 bits per heavy atom. The van der Waals surface area contributed by atoms with Crippen molar-refractivity contribution in [2.24, 2.45) is 5.92 Å². The molecule has 0 heterocycles. The molecule has 0 aromatic carbocycles. The summed E-state index contributed by atoms with van der Waals surface area (Å²) in [6.45, 7) is 4.55. The third kappa shape index (κ3) is 5.87. The summed E-state index contributed by atoms with van der Waals surface area (Å²) in [5, 5.41) is 12.5. The molecule has 98 valence electrons. The van der Waals surface area contributed by atoms with Gasteiger partial charge in [-0.3, -0.25) is 4.79 Å². The molecular weight excluding hydrogens is 214 g/mol. The lowest BCUT2D eigenvalue weighted by atomic mass is 9.97. The minimum absolute atomic E-state index is 0.0918. The predicted molar refractivity (Wildman–Crippen MR) is 69.6 cm³/mol. The molecule has 0 radical (unpaired) electrons. The van der Waals surface area contributed by atoms with Crippen LogP contribution in [0.5, 0.6) is 0 Å². The van der Waals surface area contributed by atoms with Crippen LogP contribution in [0.2, 0.25) is 0 Å². The molecule has 17 heavy (non-hydrogen) atoms. The second kappa shape index (κ2) is 7.49. The highest BCUT2D eigenvalue weighted by Gasteiger charge is 2.11. The number of hydrogen-bond donors (Lipinski definition) is 2. The number of carbonyl (C=O) groups excluding carboxylic acids is 1. The van der Waals surface area contributed by atoms with Crippen LogP contribution in [0.4, 0.5) is 0 Å². The summed E-state index contributed by atoms with van der Waals surface area (Å²) in [6.07, 6.45) is 7.73. The SMILES string of the molecule is CC(C)C(O)CCNC(=O)CC1=CCCCC1. The molecule has 2 N–H and O–H groups in total. The summed E-state index contributed by atoms with van der Waals surface area (Å²) < 4.78 is 0. The van der Waals surface area contributed by atoms with Crippen molar-refractivity contribution in [2.45, 2.75) is 58.5 Å². The summed E-state index contributed by atoms with van der Waals surface area (Å²) in [7, 11) is 0. The van der Waals surface area contributed by atoms with Crippen molar-refractivity contribution in [3.63, 3.8) is 0 Å². The van der Waals surface area contributed by atoms with Crippen molar-refractivity contribution in [2.75, 3.05) is 6.54 Å². The maximum Gasteiger partial charge on any atom is 0.224 e. The monoisotopic (exact) mass is 239 g/mol. The van der Waals surface area contributed by atoms with Crippen molar-refractivity contribution >= 4 is 5.91 Å². The fourth-order valence-corrected chi connectivity index (χ4v) is 2.03. The van der Waals surface area contributed by atoms with E-state index in [-0.39, 0.29) is 17.9 Å². The smallest absolute Gasteiger partial charge is 0.224 e. The van der Waals surface area contributed by atoms with E-state index < -0.39 is 0 Å². The lowest BCUT2D eigenvalue weighted by Gasteiger charge is -2.15. The van der Waals surface area contributed by atoms with E-state index in [9.17, 15) is 9.90 Å². The summed E-state index contributed by atoms with van der Waals surface area (Å²) in [5.74, 6) is 0.349. The van der Waals surface area contributed by atoms with Gasteiger partial charge >= 0.3 is 0 Å². The van der Waals surface area contributed by atoms with Crippen LogP contribution in [0.3, 0.4) is 0 Å². The number of aliphatic hydroxyl groups excluding tert-OH is 1. The highest BCUT2D eigenvalue weighted by Crippen LogP contribution is 2.19. The van der Waals surface area contributed by atoms with E-state index in [0.717, 1.165) is 12.8 Å². The van der Waals surface area contributed by atoms with Gasteiger partial charge in [0.25, 0.3) is 0 Å². The first-order valence-electron chi connectivity index (χ1n) is 6.72. The van der Waals surface area contributed by atoms with Crippen molar-refractivity contribution in [1.29, 1.82) is 0 Å². The molecule has 0 aromatic heterocycles. The first-order chi connectivity index (χ1) is 8.09. The topological polar surface area (TPSA) is 49.3 Å². The standard InChI is InChI=1S/C14H25NO2/c1-11(2)13(16)8-9-15-14(17)10-12-6-4-3-5-7-12/h6,11,13,16H,3-5,7-10H2,1-2H3,(H,15,17). The van der Waals surface area contributed by atoms with Crippen LogP contribution in [0.15, 0.2) is 11.6 Å². The predicted octanol–water partition coefficient (Wildman–Crippen LogP) is 2.40. The van der Waals surface area contributed by atoms with Crippen LogP contribution < -0.4 is 5.32 Å². The number of carbonyl (C=O) groups is 1. The van der Waals surface area contributed by atoms with E-state index in [0.29, 0.717) is 19.4 Å². The molecule has 0 saturated carbocycles. The molecule has 3 nitrogen and oxygen atoms in total. The lowest BCUT2D eigenvalue weighted by Crippen LogP contribution is -2.28. The zero-order chi connectivity index (χ0) is 12.7. The Morgan fingerprint density at radius 1 is 1.47 bits per heavy atom. The average Bonchev–Trinajstić information content (AvgIpc) is 2.30. The highest BCUT2D eigenvalue weighted by molar-refractivity contribution is 5.78. The molecule has 1 rings (SSSR count). The van der Waals surface area contributed by atoms with Crippen LogP contribution in [0, 0.1) is 5.92 Å². The molecule has 1 unspecified atom stereocenters. The Morgan fingerprint density at radius 3 is 2.82 bits per heavy atom. The molecule has 0 fully saturated rings. The third-order valence-electron chi connectivity index (χ3n) is 3.30. The van der Waals surface area contributed by atoms with E-state index >= 15 is 0 Å². The summed E-state index contributed by atoms with van der Waals surface area (Å²) in [4.78, 5) is 11.6. The van der Waals surface area contributed by atoms with Crippen LogP contribution in [-0.2, 0) is 4.79 Å². The number of aliphatic hydroxyl groups is 1. The van der Waals surface area contributed by atoms with E-state index in [1.165, 1.54) is 18.4 Å². The largest absolute Gasteiger partial charge is 0.393 e. The van der Waals surface area contributed by atoms with Gasteiger partial charge in [0.15, 0.2) is 0 Å². The minimum atomic E-state index is -0.316. The Labute approximate surface area is 104 Å². The first-order valence-corrected chi connectivity index (χ1v) is 6.72. The van der Waals surface area contributed by atoms with Crippen molar-refractivity contribution in [3.05, 3.63) is 11.6 Å². The van der Waals surface area contributed by atoms with Crippen LogP contribution in [-0.4, -0.2) is 23.7 Å². The van der Waals surface area contributed by atoms with Gasteiger partial charge in [-0.2, -0.15) is 0 Å². The Kier molecular flexibility index (Phi) is 6.27. The maximum absolute atomic E-state index is 11.6. The first kappa shape index (κ1) is 14.2. The number of amides is 1. The Bertz CT molecular complexity index is 271.